The van der Waals surface area contributed by atoms with Crippen molar-refractivity contribution in [1.82, 2.24) is 4.98 Å². The van der Waals surface area contributed by atoms with E-state index in [2.05, 4.69) is 20.9 Å². The van der Waals surface area contributed by atoms with Crippen LogP contribution in [0.15, 0.2) is 35.1 Å². The molecule has 0 amide bonds. The van der Waals surface area contributed by atoms with E-state index in [1.165, 1.54) is 18.3 Å². The summed E-state index contributed by atoms with van der Waals surface area (Å²) >= 11 is 3.14. The lowest BCUT2D eigenvalue weighted by Gasteiger charge is -2.11. The molecular formula is C13H9BrN2O5. The Balaban J connectivity index is 2.51. The highest BCUT2D eigenvalue weighted by Gasteiger charge is 2.21. The van der Waals surface area contributed by atoms with Crippen LogP contribution in [0.1, 0.15) is 15.9 Å². The van der Waals surface area contributed by atoms with Crippen molar-refractivity contribution in [3.05, 3.63) is 56.3 Å². The van der Waals surface area contributed by atoms with Gasteiger partial charge in [0.25, 0.3) is 0 Å². The van der Waals surface area contributed by atoms with Gasteiger partial charge in [-0.2, -0.15) is 0 Å². The molecule has 8 heteroatoms. The number of rotatable bonds is 4. The molecule has 0 aliphatic heterocycles. The van der Waals surface area contributed by atoms with Crippen molar-refractivity contribution in [3.8, 4) is 11.5 Å². The molecule has 1 N–H and O–H groups in total. The minimum Gasteiger partial charge on any atom is -0.478 e. The first-order valence-corrected chi connectivity index (χ1v) is 6.49. The Bertz CT molecular complexity index is 732. The first kappa shape index (κ1) is 14.9. The maximum atomic E-state index is 11.1. The van der Waals surface area contributed by atoms with Gasteiger partial charge in [0.05, 0.1) is 15.0 Å². The number of nitro groups is 1. The second-order valence-corrected chi connectivity index (χ2v) is 4.92. The molecule has 7 nitrogen and oxygen atoms in total. The normalized spacial score (nSPS) is 10.2. The lowest BCUT2D eigenvalue weighted by atomic mass is 10.1. The topological polar surface area (TPSA) is 103 Å². The van der Waals surface area contributed by atoms with Gasteiger partial charge in [-0.15, -0.1) is 0 Å². The van der Waals surface area contributed by atoms with Gasteiger partial charge >= 0.3 is 11.7 Å². The largest absolute Gasteiger partial charge is 0.478 e. The molecule has 0 bridgehead atoms. The second kappa shape index (κ2) is 5.88. The van der Waals surface area contributed by atoms with Gasteiger partial charge in [-0.1, -0.05) is 6.07 Å². The van der Waals surface area contributed by atoms with E-state index in [-0.39, 0.29) is 22.7 Å². The van der Waals surface area contributed by atoms with Crippen LogP contribution in [0.5, 0.6) is 11.5 Å². The second-order valence-electron chi connectivity index (χ2n) is 4.06. The first-order chi connectivity index (χ1) is 9.91. The summed E-state index contributed by atoms with van der Waals surface area (Å²) in [7, 11) is 0. The number of aromatic nitrogens is 1. The molecule has 1 aromatic carbocycles. The summed E-state index contributed by atoms with van der Waals surface area (Å²) in [5.41, 5.74) is 0.132. The summed E-state index contributed by atoms with van der Waals surface area (Å²) in [6, 6.07) is 4.48. The highest BCUT2D eigenvalue weighted by Crippen LogP contribution is 2.38. The Morgan fingerprint density at radius 3 is 2.76 bits per heavy atom. The summed E-state index contributed by atoms with van der Waals surface area (Å²) in [5, 5.41) is 20.1. The van der Waals surface area contributed by atoms with E-state index in [1.807, 2.05) is 0 Å². The molecule has 1 aromatic heterocycles. The average Bonchev–Trinajstić information content (AvgIpc) is 2.42. The van der Waals surface area contributed by atoms with Crippen molar-refractivity contribution < 1.29 is 19.6 Å². The third-order valence-electron chi connectivity index (χ3n) is 2.76. The highest BCUT2D eigenvalue weighted by atomic mass is 79.9. The molecule has 2 rings (SSSR count). The van der Waals surface area contributed by atoms with Crippen LogP contribution in [0, 0.1) is 17.0 Å². The van der Waals surface area contributed by atoms with Crippen LogP contribution in [0.2, 0.25) is 0 Å². The maximum Gasteiger partial charge on any atom is 0.336 e. The molecule has 0 unspecified atom stereocenters. The Labute approximate surface area is 127 Å². The zero-order valence-corrected chi connectivity index (χ0v) is 12.3. The zero-order chi connectivity index (χ0) is 15.6. The number of carboxylic acids is 1. The zero-order valence-electron chi connectivity index (χ0n) is 10.7. The SMILES string of the molecule is Cc1c(Oc2c(Br)cncc2[N+](=O)[O-])cccc1C(=O)O. The van der Waals surface area contributed by atoms with Gasteiger partial charge < -0.3 is 9.84 Å². The number of hydrogen-bond donors (Lipinski definition) is 1. The van der Waals surface area contributed by atoms with E-state index in [4.69, 9.17) is 9.84 Å². The van der Waals surface area contributed by atoms with Crippen LogP contribution in [0.25, 0.3) is 0 Å². The Morgan fingerprint density at radius 1 is 1.43 bits per heavy atom. The number of aromatic carboxylic acids is 1. The van der Waals surface area contributed by atoms with Crippen molar-refractivity contribution in [2.45, 2.75) is 6.92 Å². The third kappa shape index (κ3) is 3.00. The molecule has 0 aliphatic carbocycles. The van der Waals surface area contributed by atoms with Gasteiger partial charge in [-0.05, 0) is 35.0 Å². The molecule has 0 saturated heterocycles. The average molecular weight is 353 g/mol. The lowest BCUT2D eigenvalue weighted by molar-refractivity contribution is -0.386. The van der Waals surface area contributed by atoms with E-state index in [1.54, 1.807) is 13.0 Å². The quantitative estimate of drug-likeness (QED) is 0.666. The van der Waals surface area contributed by atoms with Crippen LogP contribution >= 0.6 is 15.9 Å². The molecule has 0 atom stereocenters. The highest BCUT2D eigenvalue weighted by molar-refractivity contribution is 9.10. The predicted molar refractivity (Wildman–Crippen MR) is 76.8 cm³/mol. The van der Waals surface area contributed by atoms with Gasteiger partial charge in [-0.25, -0.2) is 4.79 Å². The Kier molecular flexibility index (Phi) is 4.18. The number of nitrogens with zero attached hydrogens (tertiary/aromatic N) is 2. The van der Waals surface area contributed by atoms with E-state index < -0.39 is 10.9 Å². The van der Waals surface area contributed by atoms with Crippen molar-refractivity contribution >= 4 is 27.6 Å². The fraction of sp³-hybridized carbons (Fsp3) is 0.0769. The lowest BCUT2D eigenvalue weighted by Crippen LogP contribution is -2.02. The monoisotopic (exact) mass is 352 g/mol. The molecule has 1 heterocycles. The predicted octanol–water partition coefficient (Wildman–Crippen LogP) is 3.55. The first-order valence-electron chi connectivity index (χ1n) is 5.70. The molecular weight excluding hydrogens is 344 g/mol. The van der Waals surface area contributed by atoms with Gasteiger partial charge in [0.2, 0.25) is 5.75 Å². The molecule has 0 saturated carbocycles. The summed E-state index contributed by atoms with van der Waals surface area (Å²) in [5.74, 6) is -0.896. The summed E-state index contributed by atoms with van der Waals surface area (Å²) in [6.45, 7) is 1.57. The van der Waals surface area contributed by atoms with Gasteiger partial charge in [0, 0.05) is 11.8 Å². The van der Waals surface area contributed by atoms with Crippen LogP contribution in [-0.2, 0) is 0 Å². The number of carboxylic acid groups (broad SMARTS) is 1. The number of carbonyl (C=O) groups is 1. The number of pyridine rings is 1. The molecule has 0 spiro atoms. The van der Waals surface area contributed by atoms with E-state index >= 15 is 0 Å². The number of hydrogen-bond acceptors (Lipinski definition) is 5. The third-order valence-corrected chi connectivity index (χ3v) is 3.32. The minimum atomic E-state index is -1.10. The van der Waals surface area contributed by atoms with Crippen LogP contribution in [0.3, 0.4) is 0 Å². The Morgan fingerprint density at radius 2 is 2.14 bits per heavy atom. The molecule has 0 radical (unpaired) electrons. The standard InChI is InChI=1S/C13H9BrN2O5/c1-7-8(13(17)18)3-2-4-11(7)21-12-9(14)5-15-6-10(12)16(19)20/h2-6H,1H3,(H,17,18). The van der Waals surface area contributed by atoms with Crippen LogP contribution in [-0.4, -0.2) is 21.0 Å². The summed E-state index contributed by atoms with van der Waals surface area (Å²) in [4.78, 5) is 25.2. The fourth-order valence-electron chi connectivity index (χ4n) is 1.71. The molecule has 0 aliphatic rings. The fourth-order valence-corrected chi connectivity index (χ4v) is 2.11. The van der Waals surface area contributed by atoms with Crippen LogP contribution < -0.4 is 4.74 Å². The Hall–Kier alpha value is -2.48. The maximum absolute atomic E-state index is 11.1. The minimum absolute atomic E-state index is 0.0272. The van der Waals surface area contributed by atoms with Crippen LogP contribution in [0.4, 0.5) is 5.69 Å². The van der Waals surface area contributed by atoms with Crippen molar-refractivity contribution in [2.24, 2.45) is 0 Å². The summed E-state index contributed by atoms with van der Waals surface area (Å²) < 4.78 is 5.83. The van der Waals surface area contributed by atoms with E-state index in [9.17, 15) is 14.9 Å². The number of ether oxygens (including phenoxy) is 1. The molecule has 2 aromatic rings. The van der Waals surface area contributed by atoms with Gasteiger partial charge in [0.15, 0.2) is 0 Å². The number of halogens is 1. The molecule has 21 heavy (non-hydrogen) atoms. The van der Waals surface area contributed by atoms with Crippen molar-refractivity contribution in [3.63, 3.8) is 0 Å². The van der Waals surface area contributed by atoms with Crippen molar-refractivity contribution in [2.75, 3.05) is 0 Å². The molecule has 0 fully saturated rings. The van der Waals surface area contributed by atoms with E-state index in [0.717, 1.165) is 6.20 Å². The van der Waals surface area contributed by atoms with E-state index in [0.29, 0.717) is 10.0 Å². The van der Waals surface area contributed by atoms with Gasteiger partial charge in [-0.3, -0.25) is 15.1 Å². The molecule has 108 valence electrons. The summed E-state index contributed by atoms with van der Waals surface area (Å²) in [6.07, 6.45) is 2.43. The van der Waals surface area contributed by atoms with Gasteiger partial charge in [0.1, 0.15) is 11.9 Å². The van der Waals surface area contributed by atoms with Crippen molar-refractivity contribution in [1.29, 1.82) is 0 Å². The smallest absolute Gasteiger partial charge is 0.336 e. The number of benzene rings is 1.